The van der Waals surface area contributed by atoms with Crippen molar-refractivity contribution in [1.29, 1.82) is 0 Å². The van der Waals surface area contributed by atoms with Crippen molar-refractivity contribution < 1.29 is 8.78 Å². The van der Waals surface area contributed by atoms with Gasteiger partial charge in [0.1, 0.15) is 11.6 Å². The predicted octanol–water partition coefficient (Wildman–Crippen LogP) is 4.39. The molecule has 0 unspecified atom stereocenters. The maximum absolute atomic E-state index is 13.9. The fourth-order valence-corrected chi connectivity index (χ4v) is 2.02. The molecular formula is C15H14ClF2N. The Balaban J connectivity index is 2.39. The minimum Gasteiger partial charge on any atom is -0.313 e. The van der Waals surface area contributed by atoms with Gasteiger partial charge in [0.15, 0.2) is 0 Å². The van der Waals surface area contributed by atoms with Gasteiger partial charge in [0.05, 0.1) is 5.02 Å². The van der Waals surface area contributed by atoms with Gasteiger partial charge >= 0.3 is 0 Å². The van der Waals surface area contributed by atoms with Gasteiger partial charge in [0, 0.05) is 12.1 Å². The summed E-state index contributed by atoms with van der Waals surface area (Å²) in [5.74, 6) is -0.849. The van der Waals surface area contributed by atoms with Crippen molar-refractivity contribution in [3.8, 4) is 11.1 Å². The molecule has 0 heterocycles. The molecule has 0 saturated heterocycles. The van der Waals surface area contributed by atoms with Crippen LogP contribution in [-0.4, -0.2) is 6.54 Å². The van der Waals surface area contributed by atoms with Crippen LogP contribution < -0.4 is 5.32 Å². The Hall–Kier alpha value is -1.45. The van der Waals surface area contributed by atoms with Crippen LogP contribution in [0.25, 0.3) is 11.1 Å². The van der Waals surface area contributed by atoms with Gasteiger partial charge in [-0.15, -0.1) is 0 Å². The molecule has 1 N–H and O–H groups in total. The third kappa shape index (κ3) is 3.31. The van der Waals surface area contributed by atoms with Crippen molar-refractivity contribution >= 4 is 11.6 Å². The molecule has 0 spiro atoms. The summed E-state index contributed by atoms with van der Waals surface area (Å²) in [5, 5.41) is 3.17. The molecule has 0 aliphatic heterocycles. The van der Waals surface area contributed by atoms with Crippen LogP contribution in [0.3, 0.4) is 0 Å². The molecule has 2 aromatic carbocycles. The van der Waals surface area contributed by atoms with Gasteiger partial charge in [-0.2, -0.15) is 0 Å². The molecule has 0 aliphatic carbocycles. The lowest BCUT2D eigenvalue weighted by Gasteiger charge is -2.08. The maximum Gasteiger partial charge on any atom is 0.141 e. The monoisotopic (exact) mass is 281 g/mol. The van der Waals surface area contributed by atoms with Crippen molar-refractivity contribution in [2.75, 3.05) is 6.54 Å². The topological polar surface area (TPSA) is 12.0 Å². The Labute approximate surface area is 116 Å². The van der Waals surface area contributed by atoms with E-state index in [1.54, 1.807) is 12.1 Å². The minimum absolute atomic E-state index is 0.00557. The molecule has 19 heavy (non-hydrogen) atoms. The first-order valence-electron chi connectivity index (χ1n) is 6.06. The molecule has 1 nitrogen and oxygen atoms in total. The van der Waals surface area contributed by atoms with Crippen LogP contribution in [0.15, 0.2) is 36.4 Å². The molecule has 0 radical (unpaired) electrons. The molecule has 0 bridgehead atoms. The molecule has 0 amide bonds. The molecule has 0 aliphatic rings. The Morgan fingerprint density at radius 1 is 1.05 bits per heavy atom. The molecule has 100 valence electrons. The van der Waals surface area contributed by atoms with E-state index in [1.165, 1.54) is 24.3 Å². The Morgan fingerprint density at radius 2 is 1.79 bits per heavy atom. The third-order valence-corrected chi connectivity index (χ3v) is 3.13. The van der Waals surface area contributed by atoms with Crippen molar-refractivity contribution in [2.24, 2.45) is 0 Å². The largest absolute Gasteiger partial charge is 0.313 e. The zero-order valence-corrected chi connectivity index (χ0v) is 11.3. The van der Waals surface area contributed by atoms with Crippen LogP contribution in [-0.2, 0) is 6.54 Å². The second-order valence-electron chi connectivity index (χ2n) is 4.22. The smallest absolute Gasteiger partial charge is 0.141 e. The van der Waals surface area contributed by atoms with Gasteiger partial charge in [-0.05, 0) is 41.9 Å². The van der Waals surface area contributed by atoms with Gasteiger partial charge < -0.3 is 5.32 Å². The van der Waals surface area contributed by atoms with Gasteiger partial charge in [0.25, 0.3) is 0 Å². The van der Waals surface area contributed by atoms with Crippen LogP contribution >= 0.6 is 11.6 Å². The fraction of sp³-hybridized carbons (Fsp3) is 0.200. The van der Waals surface area contributed by atoms with Crippen LogP contribution in [0.2, 0.25) is 5.02 Å². The van der Waals surface area contributed by atoms with Crippen molar-refractivity contribution in [3.63, 3.8) is 0 Å². The summed E-state index contributed by atoms with van der Waals surface area (Å²) in [6, 6.07) is 9.10. The van der Waals surface area contributed by atoms with Gasteiger partial charge in [-0.25, -0.2) is 8.78 Å². The summed E-state index contributed by atoms with van der Waals surface area (Å²) in [7, 11) is 0. The van der Waals surface area contributed by atoms with Crippen LogP contribution in [0, 0.1) is 11.6 Å². The molecule has 0 atom stereocenters. The van der Waals surface area contributed by atoms with Gasteiger partial charge in [-0.3, -0.25) is 0 Å². The highest BCUT2D eigenvalue weighted by atomic mass is 35.5. The third-order valence-electron chi connectivity index (χ3n) is 2.84. The molecule has 0 fully saturated rings. The van der Waals surface area contributed by atoms with E-state index in [4.69, 9.17) is 11.6 Å². The predicted molar refractivity (Wildman–Crippen MR) is 74.2 cm³/mol. The standard InChI is InChI=1S/C15H14ClF2N/c1-2-19-9-10-3-5-14(17)12(7-10)11-4-6-15(18)13(16)8-11/h3-8,19H,2,9H2,1H3. The summed E-state index contributed by atoms with van der Waals surface area (Å²) in [4.78, 5) is 0. The van der Waals surface area contributed by atoms with Crippen molar-refractivity contribution in [2.45, 2.75) is 13.5 Å². The summed E-state index contributed by atoms with van der Waals surface area (Å²) < 4.78 is 27.0. The second kappa shape index (κ2) is 6.13. The SMILES string of the molecule is CCNCc1ccc(F)c(-c2ccc(F)c(Cl)c2)c1. The van der Waals surface area contributed by atoms with Gasteiger partial charge in [-0.1, -0.05) is 30.7 Å². The van der Waals surface area contributed by atoms with E-state index in [9.17, 15) is 8.78 Å². The lowest BCUT2D eigenvalue weighted by Crippen LogP contribution is -2.11. The summed E-state index contributed by atoms with van der Waals surface area (Å²) in [6.07, 6.45) is 0. The minimum atomic E-state index is -0.505. The quantitative estimate of drug-likeness (QED) is 0.876. The first-order chi connectivity index (χ1) is 9.11. The van der Waals surface area contributed by atoms with Gasteiger partial charge in [0.2, 0.25) is 0 Å². The van der Waals surface area contributed by atoms with E-state index in [-0.39, 0.29) is 10.8 Å². The number of hydrogen-bond donors (Lipinski definition) is 1. The van der Waals surface area contributed by atoms with Crippen molar-refractivity contribution in [1.82, 2.24) is 5.32 Å². The number of halogens is 3. The first-order valence-corrected chi connectivity index (χ1v) is 6.44. The van der Waals surface area contributed by atoms with E-state index in [2.05, 4.69) is 5.32 Å². The lowest BCUT2D eigenvalue weighted by atomic mass is 10.0. The van der Waals surface area contributed by atoms with E-state index in [1.807, 2.05) is 6.92 Å². The highest BCUT2D eigenvalue weighted by Crippen LogP contribution is 2.27. The Kier molecular flexibility index (Phi) is 4.51. The molecular weight excluding hydrogens is 268 g/mol. The highest BCUT2D eigenvalue weighted by molar-refractivity contribution is 6.31. The Bertz CT molecular complexity index is 584. The Morgan fingerprint density at radius 3 is 2.47 bits per heavy atom. The normalized spacial score (nSPS) is 10.7. The number of rotatable bonds is 4. The maximum atomic E-state index is 13.9. The molecule has 2 rings (SSSR count). The molecule has 0 saturated carbocycles. The van der Waals surface area contributed by atoms with E-state index in [0.717, 1.165) is 12.1 Å². The van der Waals surface area contributed by atoms with Crippen LogP contribution in [0.5, 0.6) is 0 Å². The summed E-state index contributed by atoms with van der Waals surface area (Å²) in [6.45, 7) is 3.51. The van der Waals surface area contributed by atoms with E-state index in [0.29, 0.717) is 17.7 Å². The summed E-state index contributed by atoms with van der Waals surface area (Å²) >= 11 is 5.73. The number of nitrogens with one attached hydrogen (secondary N) is 1. The number of hydrogen-bond acceptors (Lipinski definition) is 1. The average Bonchev–Trinajstić information content (AvgIpc) is 2.41. The van der Waals surface area contributed by atoms with Crippen LogP contribution in [0.1, 0.15) is 12.5 Å². The number of benzene rings is 2. The van der Waals surface area contributed by atoms with Crippen LogP contribution in [0.4, 0.5) is 8.78 Å². The first kappa shape index (κ1) is 14.0. The summed E-state index contributed by atoms with van der Waals surface area (Å²) in [5.41, 5.74) is 1.97. The fourth-order valence-electron chi connectivity index (χ4n) is 1.84. The highest BCUT2D eigenvalue weighted by Gasteiger charge is 2.08. The zero-order chi connectivity index (χ0) is 13.8. The zero-order valence-electron chi connectivity index (χ0n) is 10.5. The second-order valence-corrected chi connectivity index (χ2v) is 4.63. The van der Waals surface area contributed by atoms with E-state index >= 15 is 0 Å². The van der Waals surface area contributed by atoms with E-state index < -0.39 is 5.82 Å². The molecule has 4 heteroatoms. The molecule has 2 aromatic rings. The molecule has 0 aromatic heterocycles. The lowest BCUT2D eigenvalue weighted by molar-refractivity contribution is 0.625. The van der Waals surface area contributed by atoms with Crippen molar-refractivity contribution in [3.05, 3.63) is 58.6 Å². The average molecular weight is 282 g/mol.